The summed E-state index contributed by atoms with van der Waals surface area (Å²) in [6.45, 7) is 3.35. The predicted octanol–water partition coefficient (Wildman–Crippen LogP) is 1.09. The number of hydrogen-bond donors (Lipinski definition) is 1. The van der Waals surface area contributed by atoms with Gasteiger partial charge in [-0.05, 0) is 38.2 Å². The van der Waals surface area contributed by atoms with Crippen LogP contribution in [0.4, 0.5) is 5.82 Å². The molecule has 1 N–H and O–H groups in total. The summed E-state index contributed by atoms with van der Waals surface area (Å²) in [6.07, 6.45) is 7.97. The molecule has 0 atom stereocenters. The van der Waals surface area contributed by atoms with Gasteiger partial charge in [-0.1, -0.05) is 11.6 Å². The Labute approximate surface area is 147 Å². The van der Waals surface area contributed by atoms with Gasteiger partial charge in [0.1, 0.15) is 12.4 Å². The Morgan fingerprint density at radius 2 is 2.08 bits per heavy atom. The third kappa shape index (κ3) is 5.16. The van der Waals surface area contributed by atoms with Crippen LogP contribution in [0.3, 0.4) is 0 Å². The molecule has 1 aliphatic carbocycles. The molecule has 1 aliphatic heterocycles. The van der Waals surface area contributed by atoms with Gasteiger partial charge in [0.15, 0.2) is 0 Å². The van der Waals surface area contributed by atoms with Crippen LogP contribution in [0, 0.1) is 0 Å². The number of ether oxygens (including phenoxy) is 1. The highest BCUT2D eigenvalue weighted by Gasteiger charge is 2.14. The number of hydrogen-bond acceptors (Lipinski definition) is 5. The highest BCUT2D eigenvalue weighted by molar-refractivity contribution is 5.75. The summed E-state index contributed by atoms with van der Waals surface area (Å²) in [5.41, 5.74) is 1.17. The molecule has 0 radical (unpaired) electrons. The molecular weight excluding hydrogens is 320 g/mol. The van der Waals surface area contributed by atoms with E-state index in [1.54, 1.807) is 6.07 Å². The minimum absolute atomic E-state index is 0.0456. The van der Waals surface area contributed by atoms with Crippen LogP contribution in [0.1, 0.15) is 32.1 Å². The Hall–Kier alpha value is -2.15. The third-order valence-corrected chi connectivity index (χ3v) is 4.63. The normalized spacial score (nSPS) is 17.9. The van der Waals surface area contributed by atoms with E-state index in [-0.39, 0.29) is 18.0 Å². The lowest BCUT2D eigenvalue weighted by molar-refractivity contribution is -0.121. The highest BCUT2D eigenvalue weighted by Crippen LogP contribution is 2.19. The van der Waals surface area contributed by atoms with Crippen molar-refractivity contribution in [3.63, 3.8) is 0 Å². The van der Waals surface area contributed by atoms with E-state index in [9.17, 15) is 9.59 Å². The van der Waals surface area contributed by atoms with Gasteiger partial charge in [0.25, 0.3) is 5.56 Å². The number of aromatic nitrogens is 2. The Bertz CT molecular complexity index is 677. The zero-order valence-electron chi connectivity index (χ0n) is 14.6. The Kier molecular flexibility index (Phi) is 6.22. The number of morpholine rings is 1. The Morgan fingerprint density at radius 1 is 1.24 bits per heavy atom. The van der Waals surface area contributed by atoms with Crippen LogP contribution < -0.4 is 15.8 Å². The van der Waals surface area contributed by atoms with Gasteiger partial charge in [-0.25, -0.2) is 4.68 Å². The molecule has 1 amide bonds. The first-order valence-corrected chi connectivity index (χ1v) is 9.08. The average molecular weight is 346 g/mol. The van der Waals surface area contributed by atoms with Crippen molar-refractivity contribution in [1.82, 2.24) is 15.1 Å². The van der Waals surface area contributed by atoms with Crippen molar-refractivity contribution in [2.45, 2.75) is 38.6 Å². The van der Waals surface area contributed by atoms with E-state index in [1.807, 2.05) is 0 Å². The fourth-order valence-electron chi connectivity index (χ4n) is 3.20. The van der Waals surface area contributed by atoms with Gasteiger partial charge >= 0.3 is 0 Å². The second kappa shape index (κ2) is 8.80. The van der Waals surface area contributed by atoms with Gasteiger partial charge in [-0.2, -0.15) is 5.10 Å². The Morgan fingerprint density at radius 3 is 2.84 bits per heavy atom. The van der Waals surface area contributed by atoms with Gasteiger partial charge in [-0.15, -0.1) is 0 Å². The van der Waals surface area contributed by atoms with E-state index in [0.29, 0.717) is 25.6 Å². The number of nitrogens with zero attached hydrogens (tertiary/aromatic N) is 3. The van der Waals surface area contributed by atoms with E-state index < -0.39 is 0 Å². The van der Waals surface area contributed by atoms with Crippen molar-refractivity contribution in [3.8, 4) is 0 Å². The number of carbonyl (C=O) groups is 1. The molecular formula is C18H26N4O3. The molecule has 2 heterocycles. The van der Waals surface area contributed by atoms with Gasteiger partial charge < -0.3 is 15.0 Å². The number of nitrogens with one attached hydrogen (secondary N) is 1. The maximum absolute atomic E-state index is 12.1. The van der Waals surface area contributed by atoms with Crippen molar-refractivity contribution < 1.29 is 9.53 Å². The summed E-state index contributed by atoms with van der Waals surface area (Å²) in [5, 5.41) is 7.23. The number of allylic oxidation sites excluding steroid dienone is 1. The lowest BCUT2D eigenvalue weighted by atomic mass is 9.97. The standard InChI is InChI=1S/C18H26N4O3/c23-17(19-9-8-15-4-2-1-3-5-15)14-22-18(24)7-6-16(20-22)21-10-12-25-13-11-21/h4,6-7H,1-3,5,8-14H2,(H,19,23). The van der Waals surface area contributed by atoms with Gasteiger partial charge in [-0.3, -0.25) is 9.59 Å². The number of carbonyl (C=O) groups excluding carboxylic acids is 1. The number of amides is 1. The molecule has 0 bridgehead atoms. The van der Waals surface area contributed by atoms with Crippen LogP contribution in [-0.4, -0.2) is 48.5 Å². The summed E-state index contributed by atoms with van der Waals surface area (Å²) in [6, 6.07) is 3.18. The van der Waals surface area contributed by atoms with Crippen LogP contribution in [0.5, 0.6) is 0 Å². The monoisotopic (exact) mass is 346 g/mol. The molecule has 7 nitrogen and oxygen atoms in total. The summed E-state index contributed by atoms with van der Waals surface area (Å²) in [7, 11) is 0. The zero-order chi connectivity index (χ0) is 17.5. The molecule has 0 saturated carbocycles. The topological polar surface area (TPSA) is 76.5 Å². The zero-order valence-corrected chi connectivity index (χ0v) is 14.6. The van der Waals surface area contributed by atoms with E-state index in [2.05, 4.69) is 21.4 Å². The fraction of sp³-hybridized carbons (Fsp3) is 0.611. The SMILES string of the molecule is O=C(Cn1nc(N2CCOCC2)ccc1=O)NCCC1=CCCCC1. The summed E-state index contributed by atoms with van der Waals surface area (Å²) < 4.78 is 6.56. The summed E-state index contributed by atoms with van der Waals surface area (Å²) in [4.78, 5) is 26.2. The van der Waals surface area contributed by atoms with E-state index in [1.165, 1.54) is 29.2 Å². The average Bonchev–Trinajstić information content (AvgIpc) is 2.65. The number of rotatable bonds is 6. The second-order valence-electron chi connectivity index (χ2n) is 6.49. The first-order valence-electron chi connectivity index (χ1n) is 9.08. The van der Waals surface area contributed by atoms with Gasteiger partial charge in [0, 0.05) is 25.7 Å². The van der Waals surface area contributed by atoms with Crippen molar-refractivity contribution in [2.75, 3.05) is 37.7 Å². The van der Waals surface area contributed by atoms with Crippen molar-refractivity contribution in [3.05, 3.63) is 34.1 Å². The molecule has 2 aliphatic rings. The summed E-state index contributed by atoms with van der Waals surface area (Å²) in [5.74, 6) is 0.535. The third-order valence-electron chi connectivity index (χ3n) is 4.63. The molecule has 1 aromatic heterocycles. The maximum Gasteiger partial charge on any atom is 0.267 e. The minimum atomic E-state index is -0.262. The van der Waals surface area contributed by atoms with Crippen molar-refractivity contribution >= 4 is 11.7 Å². The number of anilines is 1. The van der Waals surface area contributed by atoms with Crippen LogP contribution in [0.15, 0.2) is 28.6 Å². The van der Waals surface area contributed by atoms with Crippen LogP contribution in [0.25, 0.3) is 0 Å². The molecule has 136 valence electrons. The van der Waals surface area contributed by atoms with Crippen LogP contribution in [-0.2, 0) is 16.1 Å². The summed E-state index contributed by atoms with van der Waals surface area (Å²) >= 11 is 0. The van der Waals surface area contributed by atoms with Gasteiger partial charge in [0.05, 0.1) is 13.2 Å². The van der Waals surface area contributed by atoms with Crippen LogP contribution in [0.2, 0.25) is 0 Å². The van der Waals surface area contributed by atoms with Gasteiger partial charge in [0.2, 0.25) is 5.91 Å². The Balaban J connectivity index is 1.53. The largest absolute Gasteiger partial charge is 0.378 e. The lowest BCUT2D eigenvalue weighted by Crippen LogP contribution is -2.39. The van der Waals surface area contributed by atoms with E-state index >= 15 is 0 Å². The quantitative estimate of drug-likeness (QED) is 0.780. The van der Waals surface area contributed by atoms with Crippen molar-refractivity contribution in [1.29, 1.82) is 0 Å². The second-order valence-corrected chi connectivity index (χ2v) is 6.49. The minimum Gasteiger partial charge on any atom is -0.378 e. The molecule has 25 heavy (non-hydrogen) atoms. The first kappa shape index (κ1) is 17.7. The van der Waals surface area contributed by atoms with E-state index in [4.69, 9.17) is 4.74 Å². The molecule has 0 unspecified atom stereocenters. The molecule has 0 aromatic carbocycles. The molecule has 1 fully saturated rings. The molecule has 1 saturated heterocycles. The maximum atomic E-state index is 12.1. The van der Waals surface area contributed by atoms with Crippen LogP contribution >= 0.6 is 0 Å². The molecule has 1 aromatic rings. The molecule has 7 heteroatoms. The smallest absolute Gasteiger partial charge is 0.267 e. The van der Waals surface area contributed by atoms with E-state index in [0.717, 1.165) is 32.4 Å². The fourth-order valence-corrected chi connectivity index (χ4v) is 3.20. The highest BCUT2D eigenvalue weighted by atomic mass is 16.5. The molecule has 3 rings (SSSR count). The lowest BCUT2D eigenvalue weighted by Gasteiger charge is -2.27. The first-order chi connectivity index (χ1) is 12.2. The predicted molar refractivity (Wildman–Crippen MR) is 95.7 cm³/mol. The molecule has 0 spiro atoms. The van der Waals surface area contributed by atoms with Crippen molar-refractivity contribution in [2.24, 2.45) is 0 Å².